The number of hydrogen-bond donors (Lipinski definition) is 2. The number of carbonyl (C=O) groups excluding carboxylic acids is 1. The number of halogens is 2. The highest BCUT2D eigenvalue weighted by Gasteiger charge is 2.23. The monoisotopic (exact) mass is 338 g/mol. The average molecular weight is 339 g/mol. The number of anilines is 2. The summed E-state index contributed by atoms with van der Waals surface area (Å²) in [5.74, 6) is -1.29. The first kappa shape index (κ1) is 17.1. The van der Waals surface area contributed by atoms with Crippen LogP contribution < -0.4 is 11.1 Å². The predicted octanol–water partition coefficient (Wildman–Crippen LogP) is 2.73. The Morgan fingerprint density at radius 2 is 1.85 bits per heavy atom. The lowest BCUT2D eigenvalue weighted by molar-refractivity contribution is -0.113. The maximum Gasteiger partial charge on any atom is 0.239 e. The zero-order chi connectivity index (χ0) is 15.5. The fraction of sp³-hybridized carbons (Fsp3) is 0.417. The molecule has 1 atom stereocenters. The molecule has 0 radical (unpaired) electrons. The SMILES string of the molecule is CCC(C)S(=O)(=O)CC(=O)Nc1c(Cl)cc(N)cc1Cl. The standard InChI is InChI=1S/C12H16Cl2N2O3S/c1-3-7(2)20(18,19)6-11(17)16-12-9(13)4-8(15)5-10(12)14/h4-5,7H,3,6,15H2,1-2H3,(H,16,17). The molecule has 0 saturated heterocycles. The van der Waals surface area contributed by atoms with Gasteiger partial charge in [-0.3, -0.25) is 4.79 Å². The second-order valence-electron chi connectivity index (χ2n) is 4.43. The first-order valence-electron chi connectivity index (χ1n) is 5.93. The van der Waals surface area contributed by atoms with Crippen molar-refractivity contribution in [3.63, 3.8) is 0 Å². The lowest BCUT2D eigenvalue weighted by Gasteiger charge is -2.12. The highest BCUT2D eigenvalue weighted by atomic mass is 35.5. The van der Waals surface area contributed by atoms with Gasteiger partial charge in [-0.05, 0) is 25.5 Å². The van der Waals surface area contributed by atoms with Crippen molar-refractivity contribution in [3.05, 3.63) is 22.2 Å². The summed E-state index contributed by atoms with van der Waals surface area (Å²) in [5, 5.41) is 2.14. The molecule has 0 aliphatic rings. The second kappa shape index (κ2) is 6.65. The highest BCUT2D eigenvalue weighted by molar-refractivity contribution is 7.92. The van der Waals surface area contributed by atoms with Crippen LogP contribution in [0.1, 0.15) is 20.3 Å². The average Bonchev–Trinajstić information content (AvgIpc) is 2.32. The van der Waals surface area contributed by atoms with Gasteiger partial charge in [0.05, 0.1) is 21.0 Å². The number of carbonyl (C=O) groups is 1. The molecule has 1 rings (SSSR count). The van der Waals surface area contributed by atoms with Gasteiger partial charge >= 0.3 is 0 Å². The van der Waals surface area contributed by atoms with Gasteiger partial charge in [0.1, 0.15) is 5.75 Å². The molecule has 1 aromatic rings. The van der Waals surface area contributed by atoms with Crippen LogP contribution in [0.4, 0.5) is 11.4 Å². The van der Waals surface area contributed by atoms with Gasteiger partial charge in [-0.2, -0.15) is 0 Å². The van der Waals surface area contributed by atoms with Gasteiger partial charge in [0, 0.05) is 5.69 Å². The van der Waals surface area contributed by atoms with E-state index in [0.29, 0.717) is 12.1 Å². The molecule has 5 nitrogen and oxygen atoms in total. The molecule has 3 N–H and O–H groups in total. The number of nitrogens with one attached hydrogen (secondary N) is 1. The van der Waals surface area contributed by atoms with Gasteiger partial charge < -0.3 is 11.1 Å². The highest BCUT2D eigenvalue weighted by Crippen LogP contribution is 2.32. The molecule has 0 saturated carbocycles. The van der Waals surface area contributed by atoms with Gasteiger partial charge in [-0.25, -0.2) is 8.42 Å². The molecule has 20 heavy (non-hydrogen) atoms. The Bertz CT molecular complexity index is 594. The number of rotatable bonds is 5. The molecule has 0 aliphatic heterocycles. The second-order valence-corrected chi connectivity index (χ2v) is 7.67. The Balaban J connectivity index is 2.88. The molecule has 0 spiro atoms. The molecule has 1 unspecified atom stereocenters. The summed E-state index contributed by atoms with van der Waals surface area (Å²) in [6.07, 6.45) is 0.443. The quantitative estimate of drug-likeness (QED) is 0.807. The molecule has 112 valence electrons. The van der Waals surface area contributed by atoms with Gasteiger partial charge in [0.2, 0.25) is 5.91 Å². The van der Waals surface area contributed by atoms with Crippen molar-refractivity contribution in [2.75, 3.05) is 16.8 Å². The normalized spacial score (nSPS) is 13.0. The van der Waals surface area contributed by atoms with Crippen molar-refractivity contribution >= 4 is 50.3 Å². The molecule has 0 heterocycles. The summed E-state index contributed by atoms with van der Waals surface area (Å²) in [6, 6.07) is 2.85. The van der Waals surface area contributed by atoms with Gasteiger partial charge in [0.25, 0.3) is 0 Å². The van der Waals surface area contributed by atoms with E-state index in [2.05, 4.69) is 5.32 Å². The topological polar surface area (TPSA) is 89.3 Å². The van der Waals surface area contributed by atoms with Crippen LogP contribution in [0.15, 0.2) is 12.1 Å². The van der Waals surface area contributed by atoms with E-state index in [9.17, 15) is 13.2 Å². The number of sulfone groups is 1. The number of hydrogen-bond acceptors (Lipinski definition) is 4. The minimum absolute atomic E-state index is 0.157. The predicted molar refractivity (Wildman–Crippen MR) is 83.0 cm³/mol. The maximum absolute atomic E-state index is 11.8. The Hall–Kier alpha value is -0.980. The molecule has 0 aromatic heterocycles. The van der Waals surface area contributed by atoms with E-state index in [4.69, 9.17) is 28.9 Å². The summed E-state index contributed by atoms with van der Waals surface area (Å²) in [5.41, 5.74) is 6.05. The first-order valence-corrected chi connectivity index (χ1v) is 8.40. The van der Waals surface area contributed by atoms with Crippen LogP contribution in [0.3, 0.4) is 0 Å². The van der Waals surface area contributed by atoms with Crippen molar-refractivity contribution in [1.82, 2.24) is 0 Å². The molecule has 0 aliphatic carbocycles. The number of nitrogen functional groups attached to an aromatic ring is 1. The van der Waals surface area contributed by atoms with Crippen LogP contribution >= 0.6 is 23.2 Å². The van der Waals surface area contributed by atoms with E-state index in [-0.39, 0.29) is 15.7 Å². The number of nitrogens with two attached hydrogens (primary N) is 1. The minimum atomic E-state index is -3.49. The molecule has 1 amide bonds. The summed E-state index contributed by atoms with van der Waals surface area (Å²) in [4.78, 5) is 11.8. The third-order valence-corrected chi connectivity index (χ3v) is 5.67. The minimum Gasteiger partial charge on any atom is -0.399 e. The Labute approximate surface area is 128 Å². The Morgan fingerprint density at radius 1 is 1.35 bits per heavy atom. The molecule has 8 heteroatoms. The summed E-state index contributed by atoms with van der Waals surface area (Å²) >= 11 is 11.8. The van der Waals surface area contributed by atoms with Crippen LogP contribution in [-0.4, -0.2) is 25.3 Å². The van der Waals surface area contributed by atoms with Crippen molar-refractivity contribution in [2.45, 2.75) is 25.5 Å². The summed E-state index contributed by atoms with van der Waals surface area (Å²) in [6.45, 7) is 3.31. The van der Waals surface area contributed by atoms with Gasteiger partial charge in [0.15, 0.2) is 9.84 Å². The zero-order valence-electron chi connectivity index (χ0n) is 11.1. The van der Waals surface area contributed by atoms with E-state index < -0.39 is 26.7 Å². The van der Waals surface area contributed by atoms with Crippen LogP contribution in [0.5, 0.6) is 0 Å². The van der Waals surface area contributed by atoms with Crippen molar-refractivity contribution in [2.24, 2.45) is 0 Å². The smallest absolute Gasteiger partial charge is 0.239 e. The third-order valence-electron chi connectivity index (χ3n) is 2.85. The largest absolute Gasteiger partial charge is 0.399 e. The molecule has 0 bridgehead atoms. The summed E-state index contributed by atoms with van der Waals surface area (Å²) < 4.78 is 23.7. The van der Waals surface area contributed by atoms with Crippen LogP contribution in [0.2, 0.25) is 10.0 Å². The fourth-order valence-corrected chi connectivity index (χ4v) is 3.30. The molecule has 0 fully saturated rings. The van der Waals surface area contributed by atoms with E-state index in [1.165, 1.54) is 12.1 Å². The fourth-order valence-electron chi connectivity index (χ4n) is 1.47. The van der Waals surface area contributed by atoms with E-state index in [1.807, 2.05) is 0 Å². The third kappa shape index (κ3) is 4.26. The number of benzene rings is 1. The van der Waals surface area contributed by atoms with Crippen LogP contribution in [-0.2, 0) is 14.6 Å². The Kier molecular flexibility index (Phi) is 5.68. The van der Waals surface area contributed by atoms with Gasteiger partial charge in [-0.15, -0.1) is 0 Å². The summed E-state index contributed by atoms with van der Waals surface area (Å²) in [7, 11) is -3.49. The lowest BCUT2D eigenvalue weighted by atomic mass is 10.3. The zero-order valence-corrected chi connectivity index (χ0v) is 13.4. The van der Waals surface area contributed by atoms with Gasteiger partial charge in [-0.1, -0.05) is 30.1 Å². The van der Waals surface area contributed by atoms with E-state index >= 15 is 0 Å². The first-order chi connectivity index (χ1) is 9.17. The van der Waals surface area contributed by atoms with Crippen molar-refractivity contribution in [3.8, 4) is 0 Å². The van der Waals surface area contributed by atoms with E-state index in [0.717, 1.165) is 0 Å². The Morgan fingerprint density at radius 3 is 2.30 bits per heavy atom. The molecular weight excluding hydrogens is 323 g/mol. The van der Waals surface area contributed by atoms with Crippen molar-refractivity contribution in [1.29, 1.82) is 0 Å². The van der Waals surface area contributed by atoms with Crippen molar-refractivity contribution < 1.29 is 13.2 Å². The molecule has 1 aromatic carbocycles. The van der Waals surface area contributed by atoms with E-state index in [1.54, 1.807) is 13.8 Å². The van der Waals surface area contributed by atoms with Crippen LogP contribution in [0, 0.1) is 0 Å². The molecular formula is C12H16Cl2N2O3S. The maximum atomic E-state index is 11.8. The number of amides is 1. The van der Waals surface area contributed by atoms with Crippen LogP contribution in [0.25, 0.3) is 0 Å². The lowest BCUT2D eigenvalue weighted by Crippen LogP contribution is -2.29.